The van der Waals surface area contributed by atoms with Crippen LogP contribution in [0.25, 0.3) is 22.5 Å². The topological polar surface area (TPSA) is 84.9 Å². The fourth-order valence-corrected chi connectivity index (χ4v) is 3.01. The van der Waals surface area contributed by atoms with Crippen molar-refractivity contribution in [1.29, 1.82) is 0 Å². The number of rotatable bonds is 2. The number of aryl methyl sites for hydroxylation is 2. The lowest BCUT2D eigenvalue weighted by atomic mass is 10.2. The second-order valence-electron chi connectivity index (χ2n) is 5.96. The third-order valence-corrected chi connectivity index (χ3v) is 4.36. The fraction of sp³-hybridized carbons (Fsp3) is 0.467. The van der Waals surface area contributed by atoms with E-state index in [-0.39, 0.29) is 18.4 Å². The number of nitrogens with one attached hydrogen (secondary N) is 1. The Hall–Kier alpha value is -2.03. The number of likely N-dealkylation sites (N-methyl/N-ethyl adjacent to an activating group) is 1. The molecule has 1 aliphatic rings. The molecule has 1 atom stereocenters. The molecule has 0 aliphatic carbocycles. The van der Waals surface area contributed by atoms with Gasteiger partial charge in [0.25, 0.3) is 5.89 Å². The minimum absolute atomic E-state index is 0. The number of piperazine rings is 1. The Labute approximate surface area is 145 Å². The number of nitrogens with zero attached hydrogens (tertiary/aromatic N) is 6. The predicted octanol–water partition coefficient (Wildman–Crippen LogP) is 1.32. The molecule has 1 unspecified atom stereocenters. The van der Waals surface area contributed by atoms with Gasteiger partial charge in [-0.25, -0.2) is 4.98 Å². The van der Waals surface area contributed by atoms with E-state index in [0.29, 0.717) is 11.7 Å². The van der Waals surface area contributed by atoms with Gasteiger partial charge >= 0.3 is 0 Å². The predicted molar refractivity (Wildman–Crippen MR) is 92.0 cm³/mol. The van der Waals surface area contributed by atoms with Crippen molar-refractivity contribution in [3.8, 4) is 11.5 Å². The molecule has 3 aromatic heterocycles. The summed E-state index contributed by atoms with van der Waals surface area (Å²) in [5.41, 5.74) is 2.61. The highest BCUT2D eigenvalue weighted by Gasteiger charge is 2.25. The average Bonchev–Trinajstić information content (AvgIpc) is 3.14. The highest BCUT2D eigenvalue weighted by Crippen LogP contribution is 2.25. The van der Waals surface area contributed by atoms with Crippen LogP contribution in [0.5, 0.6) is 0 Å². The largest absolute Gasteiger partial charge is 0.334 e. The molecule has 0 saturated carbocycles. The molecule has 1 aliphatic heterocycles. The zero-order valence-corrected chi connectivity index (χ0v) is 14.7. The SMILES string of the molecule is Cc1nn(C)c2ncc(-c3nc(C4CNCCN4C)no3)cc12.Cl. The van der Waals surface area contributed by atoms with Crippen molar-refractivity contribution < 1.29 is 4.52 Å². The molecule has 1 saturated heterocycles. The van der Waals surface area contributed by atoms with Gasteiger partial charge in [0, 0.05) is 38.3 Å². The Morgan fingerprint density at radius 1 is 1.33 bits per heavy atom. The van der Waals surface area contributed by atoms with Crippen molar-refractivity contribution in [2.24, 2.45) is 7.05 Å². The maximum absolute atomic E-state index is 5.47. The minimum Gasteiger partial charge on any atom is -0.334 e. The minimum atomic E-state index is 0. The van der Waals surface area contributed by atoms with E-state index in [1.54, 1.807) is 10.9 Å². The first-order chi connectivity index (χ1) is 11.1. The Morgan fingerprint density at radius 2 is 2.17 bits per heavy atom. The molecule has 0 aromatic carbocycles. The Balaban J connectivity index is 0.00000169. The van der Waals surface area contributed by atoms with Crippen molar-refractivity contribution in [2.75, 3.05) is 26.7 Å². The highest BCUT2D eigenvalue weighted by atomic mass is 35.5. The van der Waals surface area contributed by atoms with Crippen LogP contribution < -0.4 is 5.32 Å². The van der Waals surface area contributed by atoms with Crippen molar-refractivity contribution in [3.63, 3.8) is 0 Å². The van der Waals surface area contributed by atoms with Gasteiger partial charge in [-0.15, -0.1) is 12.4 Å². The van der Waals surface area contributed by atoms with E-state index in [1.165, 1.54) is 0 Å². The number of halogens is 1. The van der Waals surface area contributed by atoms with Gasteiger partial charge in [0.15, 0.2) is 11.5 Å². The monoisotopic (exact) mass is 349 g/mol. The van der Waals surface area contributed by atoms with Crippen LogP contribution in [0.2, 0.25) is 0 Å². The maximum atomic E-state index is 5.47. The Kier molecular flexibility index (Phi) is 4.53. The third kappa shape index (κ3) is 2.77. The quantitative estimate of drug-likeness (QED) is 0.746. The molecule has 24 heavy (non-hydrogen) atoms. The van der Waals surface area contributed by atoms with Crippen LogP contribution in [-0.2, 0) is 7.05 Å². The van der Waals surface area contributed by atoms with Gasteiger partial charge in [0.2, 0.25) is 0 Å². The molecule has 0 spiro atoms. The Morgan fingerprint density at radius 3 is 2.96 bits per heavy atom. The van der Waals surface area contributed by atoms with Crippen LogP contribution in [0, 0.1) is 6.92 Å². The lowest BCUT2D eigenvalue weighted by Gasteiger charge is -2.30. The number of fused-ring (bicyclic) bond motifs is 1. The molecule has 0 amide bonds. The summed E-state index contributed by atoms with van der Waals surface area (Å²) in [7, 11) is 3.97. The molecule has 1 fully saturated rings. The zero-order chi connectivity index (χ0) is 16.0. The van der Waals surface area contributed by atoms with E-state index < -0.39 is 0 Å². The highest BCUT2D eigenvalue weighted by molar-refractivity contribution is 5.85. The first-order valence-corrected chi connectivity index (χ1v) is 7.68. The molecular formula is C15H20ClN7O. The average molecular weight is 350 g/mol. The molecule has 4 heterocycles. The molecule has 4 rings (SSSR count). The molecule has 8 nitrogen and oxygen atoms in total. The normalized spacial score (nSPS) is 18.7. The number of pyridine rings is 1. The molecule has 9 heteroatoms. The second-order valence-corrected chi connectivity index (χ2v) is 5.96. The van der Waals surface area contributed by atoms with Gasteiger partial charge in [-0.1, -0.05) is 5.16 Å². The van der Waals surface area contributed by atoms with Gasteiger partial charge in [-0.2, -0.15) is 10.1 Å². The van der Waals surface area contributed by atoms with E-state index in [1.807, 2.05) is 20.0 Å². The van der Waals surface area contributed by atoms with E-state index >= 15 is 0 Å². The van der Waals surface area contributed by atoms with Crippen molar-refractivity contribution >= 4 is 23.4 Å². The summed E-state index contributed by atoms with van der Waals surface area (Å²) >= 11 is 0. The molecule has 1 N–H and O–H groups in total. The van der Waals surface area contributed by atoms with Gasteiger partial charge in [-0.3, -0.25) is 9.58 Å². The van der Waals surface area contributed by atoms with Crippen LogP contribution in [0.4, 0.5) is 0 Å². The Bertz CT molecular complexity index is 859. The first-order valence-electron chi connectivity index (χ1n) is 7.68. The lowest BCUT2D eigenvalue weighted by Crippen LogP contribution is -2.44. The maximum Gasteiger partial charge on any atom is 0.259 e. The summed E-state index contributed by atoms with van der Waals surface area (Å²) in [5, 5.41) is 12.9. The molecular weight excluding hydrogens is 330 g/mol. The first kappa shape index (κ1) is 16.8. The molecule has 128 valence electrons. The van der Waals surface area contributed by atoms with Crippen molar-refractivity contribution in [3.05, 3.63) is 23.8 Å². The summed E-state index contributed by atoms with van der Waals surface area (Å²) in [6.07, 6.45) is 1.75. The van der Waals surface area contributed by atoms with Crippen LogP contribution in [-0.4, -0.2) is 56.5 Å². The van der Waals surface area contributed by atoms with E-state index in [4.69, 9.17) is 4.52 Å². The second kappa shape index (κ2) is 6.46. The molecule has 0 radical (unpaired) electrons. The van der Waals surface area contributed by atoms with Gasteiger partial charge in [0.1, 0.15) is 0 Å². The summed E-state index contributed by atoms with van der Waals surface area (Å²) in [6, 6.07) is 2.14. The number of hydrogen-bond donors (Lipinski definition) is 1. The van der Waals surface area contributed by atoms with Gasteiger partial charge < -0.3 is 9.84 Å². The lowest BCUT2D eigenvalue weighted by molar-refractivity contribution is 0.190. The molecule has 0 bridgehead atoms. The van der Waals surface area contributed by atoms with E-state index in [0.717, 1.165) is 41.9 Å². The summed E-state index contributed by atoms with van der Waals surface area (Å²) in [4.78, 5) is 11.3. The van der Waals surface area contributed by atoms with Gasteiger partial charge in [0.05, 0.1) is 17.3 Å². The number of aromatic nitrogens is 5. The van der Waals surface area contributed by atoms with Crippen LogP contribution in [0.15, 0.2) is 16.8 Å². The summed E-state index contributed by atoms with van der Waals surface area (Å²) < 4.78 is 7.24. The standard InChI is InChI=1S/C15H19N7O.ClH/c1-9-11-6-10(7-17-14(11)22(3)19-9)15-18-13(20-23-15)12-8-16-4-5-21(12)2;/h6-7,12,16H,4-5,8H2,1-3H3;1H. The van der Waals surface area contributed by atoms with Crippen LogP contribution in [0.1, 0.15) is 17.6 Å². The smallest absolute Gasteiger partial charge is 0.259 e. The van der Waals surface area contributed by atoms with Crippen LogP contribution in [0.3, 0.4) is 0 Å². The summed E-state index contributed by atoms with van der Waals surface area (Å²) in [5.74, 6) is 1.20. The van der Waals surface area contributed by atoms with E-state index in [9.17, 15) is 0 Å². The third-order valence-electron chi connectivity index (χ3n) is 4.36. The number of hydrogen-bond acceptors (Lipinski definition) is 7. The molecule has 3 aromatic rings. The van der Waals surface area contributed by atoms with Crippen molar-refractivity contribution in [2.45, 2.75) is 13.0 Å². The van der Waals surface area contributed by atoms with E-state index in [2.05, 4.69) is 37.5 Å². The fourth-order valence-electron chi connectivity index (χ4n) is 3.01. The van der Waals surface area contributed by atoms with Gasteiger partial charge in [-0.05, 0) is 20.0 Å². The zero-order valence-electron chi connectivity index (χ0n) is 13.9. The summed E-state index contributed by atoms with van der Waals surface area (Å²) in [6.45, 7) is 4.75. The van der Waals surface area contributed by atoms with Crippen molar-refractivity contribution in [1.82, 2.24) is 35.1 Å². The van der Waals surface area contributed by atoms with Crippen LogP contribution >= 0.6 is 12.4 Å².